The first-order valence-corrected chi connectivity index (χ1v) is 9.50. The van der Waals surface area contributed by atoms with E-state index in [9.17, 15) is 9.59 Å². The normalized spacial score (nSPS) is 11.9. The summed E-state index contributed by atoms with van der Waals surface area (Å²) < 4.78 is 12.8. The Bertz CT molecular complexity index is 770. The van der Waals surface area contributed by atoms with Crippen LogP contribution in [0.3, 0.4) is 0 Å². The summed E-state index contributed by atoms with van der Waals surface area (Å²) in [7, 11) is 0. The summed E-state index contributed by atoms with van der Waals surface area (Å²) in [6.07, 6.45) is 5.98. The van der Waals surface area contributed by atoms with Crippen LogP contribution in [-0.4, -0.2) is 39.2 Å². The predicted octanol–water partition coefficient (Wildman–Crippen LogP) is 3.34. The van der Waals surface area contributed by atoms with Crippen LogP contribution in [0.2, 0.25) is 0 Å². The highest BCUT2D eigenvalue weighted by atomic mass is 16.6. The Balaban J connectivity index is 1.99. The van der Waals surface area contributed by atoms with Crippen molar-refractivity contribution in [1.82, 2.24) is 20.2 Å². The summed E-state index contributed by atoms with van der Waals surface area (Å²) in [5.74, 6) is 0.582. The first-order chi connectivity index (χ1) is 13.2. The van der Waals surface area contributed by atoms with Crippen LogP contribution >= 0.6 is 0 Å². The van der Waals surface area contributed by atoms with Crippen molar-refractivity contribution in [3.05, 3.63) is 42.4 Å². The van der Waals surface area contributed by atoms with Crippen molar-refractivity contribution >= 4 is 12.0 Å². The van der Waals surface area contributed by atoms with Crippen LogP contribution in [-0.2, 0) is 11.3 Å². The molecule has 0 fully saturated rings. The number of nitrogens with one attached hydrogen (secondary N) is 2. The van der Waals surface area contributed by atoms with Crippen molar-refractivity contribution in [3.8, 4) is 0 Å². The van der Waals surface area contributed by atoms with Crippen molar-refractivity contribution < 1.29 is 18.7 Å². The number of imidazole rings is 1. The van der Waals surface area contributed by atoms with Gasteiger partial charge in [0.2, 0.25) is 0 Å². The van der Waals surface area contributed by atoms with Gasteiger partial charge in [0.25, 0.3) is 5.91 Å². The van der Waals surface area contributed by atoms with E-state index >= 15 is 0 Å². The molecule has 28 heavy (non-hydrogen) atoms. The minimum Gasteiger partial charge on any atom is -0.454 e. The van der Waals surface area contributed by atoms with Crippen molar-refractivity contribution in [1.29, 1.82) is 0 Å². The Kier molecular flexibility index (Phi) is 6.88. The molecule has 0 saturated heterocycles. The standard InChI is InChI=1S/C20H30N4O4/c1-6-20(7-2,13-22-18(26)28-19(3,4)5)23-17(25)16-9-8-15(27-16)12-24-11-10-21-14-24/h8-11,14H,6-7,12-13H2,1-5H3,(H,22,26)(H,23,25). The minimum absolute atomic E-state index is 0.235. The van der Waals surface area contributed by atoms with Gasteiger partial charge in [-0.05, 0) is 45.7 Å². The van der Waals surface area contributed by atoms with E-state index in [0.717, 1.165) is 0 Å². The van der Waals surface area contributed by atoms with E-state index in [2.05, 4.69) is 15.6 Å². The Labute approximate surface area is 165 Å². The van der Waals surface area contributed by atoms with E-state index in [1.165, 1.54) is 0 Å². The number of aromatic nitrogens is 2. The highest BCUT2D eigenvalue weighted by molar-refractivity contribution is 5.92. The zero-order valence-corrected chi connectivity index (χ0v) is 17.2. The lowest BCUT2D eigenvalue weighted by Crippen LogP contribution is -2.55. The average molecular weight is 390 g/mol. The first-order valence-electron chi connectivity index (χ1n) is 9.50. The van der Waals surface area contributed by atoms with Gasteiger partial charge in [-0.25, -0.2) is 9.78 Å². The molecule has 0 unspecified atom stereocenters. The van der Waals surface area contributed by atoms with E-state index in [0.29, 0.717) is 25.1 Å². The van der Waals surface area contributed by atoms with Crippen molar-refractivity contribution in [2.24, 2.45) is 0 Å². The summed E-state index contributed by atoms with van der Waals surface area (Å²) in [6, 6.07) is 3.42. The van der Waals surface area contributed by atoms with Crippen LogP contribution in [0, 0.1) is 0 Å². The fourth-order valence-corrected chi connectivity index (χ4v) is 2.72. The Morgan fingerprint density at radius 2 is 1.93 bits per heavy atom. The van der Waals surface area contributed by atoms with Crippen LogP contribution in [0.25, 0.3) is 0 Å². The molecule has 2 rings (SSSR count). The molecule has 2 N–H and O–H groups in total. The number of alkyl carbamates (subject to hydrolysis) is 1. The number of hydrogen-bond donors (Lipinski definition) is 2. The minimum atomic E-state index is -0.592. The summed E-state index contributed by atoms with van der Waals surface area (Å²) in [6.45, 7) is 10.1. The van der Waals surface area contributed by atoms with Crippen molar-refractivity contribution in [2.45, 2.75) is 65.1 Å². The molecular formula is C20H30N4O4. The molecule has 0 saturated carbocycles. The SMILES string of the molecule is CCC(CC)(CNC(=O)OC(C)(C)C)NC(=O)c1ccc(Cn2ccnc2)o1. The van der Waals surface area contributed by atoms with E-state index in [-0.39, 0.29) is 18.2 Å². The fraction of sp³-hybridized carbons (Fsp3) is 0.550. The third kappa shape index (κ3) is 6.14. The lowest BCUT2D eigenvalue weighted by Gasteiger charge is -2.33. The van der Waals surface area contributed by atoms with Gasteiger partial charge in [0.15, 0.2) is 5.76 Å². The molecule has 2 aromatic rings. The number of furan rings is 1. The Morgan fingerprint density at radius 1 is 1.21 bits per heavy atom. The summed E-state index contributed by atoms with van der Waals surface area (Å²) in [5, 5.41) is 5.77. The van der Waals surface area contributed by atoms with Gasteiger partial charge in [0.1, 0.15) is 11.4 Å². The lowest BCUT2D eigenvalue weighted by molar-refractivity contribution is 0.0501. The number of carbonyl (C=O) groups excluding carboxylic acids is 2. The number of amides is 2. The van der Waals surface area contributed by atoms with Gasteiger partial charge >= 0.3 is 6.09 Å². The van der Waals surface area contributed by atoms with Crippen molar-refractivity contribution in [3.63, 3.8) is 0 Å². The van der Waals surface area contributed by atoms with E-state index < -0.39 is 17.2 Å². The zero-order valence-electron chi connectivity index (χ0n) is 17.2. The number of nitrogens with zero attached hydrogens (tertiary/aromatic N) is 2. The molecule has 0 aliphatic rings. The summed E-state index contributed by atoms with van der Waals surface area (Å²) in [4.78, 5) is 28.7. The van der Waals surface area contributed by atoms with Gasteiger partial charge in [-0.1, -0.05) is 13.8 Å². The van der Waals surface area contributed by atoms with Crippen LogP contribution in [0.15, 0.2) is 35.3 Å². The number of ether oxygens (including phenoxy) is 1. The number of carbonyl (C=O) groups is 2. The van der Waals surface area contributed by atoms with Crippen molar-refractivity contribution in [2.75, 3.05) is 6.54 Å². The molecule has 2 heterocycles. The van der Waals surface area contributed by atoms with E-state index in [1.807, 2.05) is 24.6 Å². The first kappa shape index (κ1) is 21.5. The highest BCUT2D eigenvalue weighted by Crippen LogP contribution is 2.17. The van der Waals surface area contributed by atoms with Crippen LogP contribution < -0.4 is 10.6 Å². The van der Waals surface area contributed by atoms with Crippen LogP contribution in [0.4, 0.5) is 4.79 Å². The highest BCUT2D eigenvalue weighted by Gasteiger charge is 2.31. The molecule has 8 nitrogen and oxygen atoms in total. The second-order valence-corrected chi connectivity index (χ2v) is 7.80. The molecule has 0 bridgehead atoms. The molecule has 0 atom stereocenters. The molecule has 0 aliphatic carbocycles. The molecule has 0 spiro atoms. The molecule has 8 heteroatoms. The predicted molar refractivity (Wildman–Crippen MR) is 105 cm³/mol. The van der Waals surface area contributed by atoms with Gasteiger partial charge in [-0.3, -0.25) is 4.79 Å². The molecule has 0 aliphatic heterocycles. The van der Waals surface area contributed by atoms with Gasteiger partial charge < -0.3 is 24.4 Å². The molecule has 154 valence electrons. The molecule has 2 aromatic heterocycles. The largest absolute Gasteiger partial charge is 0.454 e. The second kappa shape index (κ2) is 8.95. The lowest BCUT2D eigenvalue weighted by atomic mass is 9.92. The topological polar surface area (TPSA) is 98.4 Å². The van der Waals surface area contributed by atoms with Gasteiger partial charge in [0.05, 0.1) is 18.4 Å². The van der Waals surface area contributed by atoms with Gasteiger partial charge in [-0.2, -0.15) is 0 Å². The number of hydrogen-bond acceptors (Lipinski definition) is 5. The maximum absolute atomic E-state index is 12.7. The van der Waals surface area contributed by atoms with Gasteiger partial charge in [-0.15, -0.1) is 0 Å². The van der Waals surface area contributed by atoms with E-state index in [4.69, 9.17) is 9.15 Å². The zero-order chi connectivity index (χ0) is 20.8. The molecule has 2 amide bonds. The van der Waals surface area contributed by atoms with Crippen LogP contribution in [0.5, 0.6) is 0 Å². The van der Waals surface area contributed by atoms with Crippen LogP contribution in [0.1, 0.15) is 63.8 Å². The molecular weight excluding hydrogens is 360 g/mol. The maximum Gasteiger partial charge on any atom is 0.407 e. The number of rotatable bonds is 8. The average Bonchev–Trinajstić information content (AvgIpc) is 3.29. The smallest absolute Gasteiger partial charge is 0.407 e. The molecule has 0 radical (unpaired) electrons. The Hall–Kier alpha value is -2.77. The Morgan fingerprint density at radius 3 is 2.50 bits per heavy atom. The quantitative estimate of drug-likeness (QED) is 0.720. The molecule has 0 aromatic carbocycles. The second-order valence-electron chi connectivity index (χ2n) is 7.80. The monoisotopic (exact) mass is 390 g/mol. The third-order valence-electron chi connectivity index (χ3n) is 4.49. The summed E-state index contributed by atoms with van der Waals surface area (Å²) >= 11 is 0. The maximum atomic E-state index is 12.7. The summed E-state index contributed by atoms with van der Waals surface area (Å²) in [5.41, 5.74) is -1.17. The van der Waals surface area contributed by atoms with Gasteiger partial charge in [0, 0.05) is 18.9 Å². The third-order valence-corrected chi connectivity index (χ3v) is 4.49. The van der Waals surface area contributed by atoms with E-state index in [1.54, 1.807) is 45.4 Å². The fourth-order valence-electron chi connectivity index (χ4n) is 2.72.